The van der Waals surface area contributed by atoms with Crippen LogP contribution in [0.5, 0.6) is 0 Å². The van der Waals surface area contributed by atoms with Crippen LogP contribution in [0.2, 0.25) is 0 Å². The molecule has 1 unspecified atom stereocenters. The number of carbonyl (C=O) groups is 1. The molecule has 0 aliphatic carbocycles. The van der Waals surface area contributed by atoms with Crippen LogP contribution in [0.1, 0.15) is 17.5 Å². The molecule has 5 nitrogen and oxygen atoms in total. The van der Waals surface area contributed by atoms with E-state index in [-0.39, 0.29) is 5.91 Å². The highest BCUT2D eigenvalue weighted by atomic mass is 32.1. The Bertz CT molecular complexity index is 527. The number of rotatable bonds is 4. The van der Waals surface area contributed by atoms with Gasteiger partial charge in [0.1, 0.15) is 5.82 Å². The lowest BCUT2D eigenvalue weighted by Crippen LogP contribution is -2.22. The summed E-state index contributed by atoms with van der Waals surface area (Å²) in [4.78, 5) is 16.1. The minimum Gasteiger partial charge on any atom is -0.367 e. The molecule has 2 aromatic rings. The van der Waals surface area contributed by atoms with Crippen molar-refractivity contribution in [3.8, 4) is 0 Å². The Balaban J connectivity index is 2.11. The monoisotopic (exact) mass is 263 g/mol. The minimum atomic E-state index is -0.643. The molecular weight excluding hydrogens is 250 g/mol. The molecule has 1 aromatic carbocycles. The summed E-state index contributed by atoms with van der Waals surface area (Å²) in [7, 11) is 1.50. The van der Waals surface area contributed by atoms with Crippen LogP contribution in [-0.2, 0) is 9.53 Å². The van der Waals surface area contributed by atoms with Crippen LogP contribution < -0.4 is 5.32 Å². The Hall–Kier alpha value is -1.79. The van der Waals surface area contributed by atoms with Gasteiger partial charge in [0.15, 0.2) is 6.10 Å². The Morgan fingerprint density at radius 2 is 2.11 bits per heavy atom. The van der Waals surface area contributed by atoms with Gasteiger partial charge < -0.3 is 4.74 Å². The molecule has 0 aliphatic heterocycles. The Labute approximate surface area is 109 Å². The van der Waals surface area contributed by atoms with E-state index in [2.05, 4.69) is 14.7 Å². The number of ether oxygens (including phenoxy) is 1. The molecule has 2 rings (SSSR count). The smallest absolute Gasteiger partial charge is 0.259 e. The zero-order valence-corrected chi connectivity index (χ0v) is 10.9. The highest BCUT2D eigenvalue weighted by molar-refractivity contribution is 7.09. The van der Waals surface area contributed by atoms with Crippen molar-refractivity contribution in [1.29, 1.82) is 0 Å². The first kappa shape index (κ1) is 12.7. The van der Waals surface area contributed by atoms with Gasteiger partial charge in [0.2, 0.25) is 5.13 Å². The van der Waals surface area contributed by atoms with E-state index in [1.807, 2.05) is 30.3 Å². The first-order valence-electron chi connectivity index (χ1n) is 5.39. The predicted molar refractivity (Wildman–Crippen MR) is 69.5 cm³/mol. The second-order valence-corrected chi connectivity index (χ2v) is 4.41. The van der Waals surface area contributed by atoms with Gasteiger partial charge in [-0.15, -0.1) is 0 Å². The quantitative estimate of drug-likeness (QED) is 0.918. The summed E-state index contributed by atoms with van der Waals surface area (Å²) in [5.74, 6) is 0.392. The van der Waals surface area contributed by atoms with Gasteiger partial charge in [0, 0.05) is 18.6 Å². The number of benzene rings is 1. The van der Waals surface area contributed by atoms with Crippen molar-refractivity contribution in [2.45, 2.75) is 13.0 Å². The number of hydrogen-bond acceptors (Lipinski definition) is 5. The van der Waals surface area contributed by atoms with Crippen molar-refractivity contribution in [2.75, 3.05) is 12.4 Å². The maximum Gasteiger partial charge on any atom is 0.259 e. The summed E-state index contributed by atoms with van der Waals surface area (Å²) in [6.45, 7) is 1.77. The molecule has 18 heavy (non-hydrogen) atoms. The normalized spacial score (nSPS) is 12.1. The molecule has 1 amide bonds. The van der Waals surface area contributed by atoms with Gasteiger partial charge in [-0.05, 0) is 12.5 Å². The van der Waals surface area contributed by atoms with Crippen LogP contribution in [0.25, 0.3) is 0 Å². The number of hydrogen-bond donors (Lipinski definition) is 1. The second-order valence-electron chi connectivity index (χ2n) is 3.66. The molecule has 0 saturated carbocycles. The molecular formula is C12H13N3O2S. The van der Waals surface area contributed by atoms with Crippen LogP contribution in [0.4, 0.5) is 5.13 Å². The number of nitrogens with zero attached hydrogens (tertiary/aromatic N) is 2. The molecule has 1 N–H and O–H groups in total. The number of nitrogens with one attached hydrogen (secondary N) is 1. The summed E-state index contributed by atoms with van der Waals surface area (Å²) < 4.78 is 9.22. The molecule has 1 atom stereocenters. The van der Waals surface area contributed by atoms with Crippen molar-refractivity contribution in [3.05, 3.63) is 41.7 Å². The van der Waals surface area contributed by atoms with Crippen LogP contribution in [0.15, 0.2) is 30.3 Å². The van der Waals surface area contributed by atoms with Gasteiger partial charge in [-0.3, -0.25) is 10.1 Å². The zero-order valence-electron chi connectivity index (χ0n) is 10.1. The summed E-state index contributed by atoms with van der Waals surface area (Å²) in [6, 6.07) is 9.31. The van der Waals surface area contributed by atoms with E-state index >= 15 is 0 Å². The lowest BCUT2D eigenvalue weighted by Gasteiger charge is -2.14. The van der Waals surface area contributed by atoms with Gasteiger partial charge in [0.05, 0.1) is 0 Å². The third-order valence-corrected chi connectivity index (χ3v) is 3.06. The molecule has 0 radical (unpaired) electrons. The third kappa shape index (κ3) is 2.91. The minimum absolute atomic E-state index is 0.250. The molecule has 1 aromatic heterocycles. The number of amides is 1. The molecule has 0 bridgehead atoms. The fourth-order valence-electron chi connectivity index (χ4n) is 1.54. The molecule has 94 valence electrons. The molecule has 1 heterocycles. The Morgan fingerprint density at radius 3 is 2.67 bits per heavy atom. The number of carbonyl (C=O) groups excluding carboxylic acids is 1. The number of aromatic nitrogens is 2. The first-order valence-corrected chi connectivity index (χ1v) is 6.17. The Morgan fingerprint density at radius 1 is 1.39 bits per heavy atom. The topological polar surface area (TPSA) is 64.1 Å². The van der Waals surface area contributed by atoms with Crippen LogP contribution in [-0.4, -0.2) is 22.4 Å². The van der Waals surface area contributed by atoms with Crippen molar-refractivity contribution in [3.63, 3.8) is 0 Å². The van der Waals surface area contributed by atoms with Crippen molar-refractivity contribution in [1.82, 2.24) is 9.36 Å². The van der Waals surface area contributed by atoms with E-state index in [0.717, 1.165) is 17.1 Å². The molecule has 0 aliphatic rings. The van der Waals surface area contributed by atoms with E-state index in [4.69, 9.17) is 4.74 Å². The average Bonchev–Trinajstić information content (AvgIpc) is 2.77. The number of aryl methyl sites for hydroxylation is 1. The fraction of sp³-hybridized carbons (Fsp3) is 0.250. The van der Waals surface area contributed by atoms with Crippen molar-refractivity contribution in [2.24, 2.45) is 0 Å². The molecule has 6 heteroatoms. The number of methoxy groups -OCH3 is 1. The van der Waals surface area contributed by atoms with Gasteiger partial charge in [-0.2, -0.15) is 4.37 Å². The summed E-state index contributed by atoms with van der Waals surface area (Å²) >= 11 is 1.15. The fourth-order valence-corrected chi connectivity index (χ4v) is 2.12. The summed E-state index contributed by atoms with van der Waals surface area (Å²) in [5, 5.41) is 3.18. The van der Waals surface area contributed by atoms with Crippen LogP contribution >= 0.6 is 11.5 Å². The van der Waals surface area contributed by atoms with E-state index in [9.17, 15) is 4.79 Å². The SMILES string of the molecule is COC(C(=O)Nc1nc(C)ns1)c1ccccc1. The van der Waals surface area contributed by atoms with Crippen molar-refractivity contribution < 1.29 is 9.53 Å². The van der Waals surface area contributed by atoms with Crippen LogP contribution in [0.3, 0.4) is 0 Å². The van der Waals surface area contributed by atoms with E-state index in [0.29, 0.717) is 11.0 Å². The van der Waals surface area contributed by atoms with E-state index in [1.54, 1.807) is 6.92 Å². The van der Waals surface area contributed by atoms with Gasteiger partial charge in [-0.1, -0.05) is 30.3 Å². The predicted octanol–water partition coefficient (Wildman–Crippen LogP) is 2.17. The zero-order chi connectivity index (χ0) is 13.0. The highest BCUT2D eigenvalue weighted by Gasteiger charge is 2.20. The van der Waals surface area contributed by atoms with Gasteiger partial charge in [0.25, 0.3) is 5.91 Å². The summed E-state index contributed by atoms with van der Waals surface area (Å²) in [6.07, 6.45) is -0.643. The molecule has 0 spiro atoms. The summed E-state index contributed by atoms with van der Waals surface area (Å²) in [5.41, 5.74) is 0.804. The van der Waals surface area contributed by atoms with E-state index in [1.165, 1.54) is 7.11 Å². The average molecular weight is 263 g/mol. The molecule has 0 fully saturated rings. The maximum absolute atomic E-state index is 12.1. The highest BCUT2D eigenvalue weighted by Crippen LogP contribution is 2.19. The van der Waals surface area contributed by atoms with Crippen molar-refractivity contribution >= 4 is 22.6 Å². The maximum atomic E-state index is 12.1. The second kappa shape index (κ2) is 5.70. The Kier molecular flexibility index (Phi) is 4.01. The first-order chi connectivity index (χ1) is 8.70. The third-order valence-electron chi connectivity index (χ3n) is 2.33. The lowest BCUT2D eigenvalue weighted by atomic mass is 10.1. The standard InChI is InChI=1S/C12H13N3O2S/c1-8-13-12(18-15-8)14-11(16)10(17-2)9-6-4-3-5-7-9/h3-7,10H,1-2H3,(H,13,14,15,16). The van der Waals surface area contributed by atoms with Gasteiger partial charge >= 0.3 is 0 Å². The van der Waals surface area contributed by atoms with Gasteiger partial charge in [-0.25, -0.2) is 4.98 Å². The lowest BCUT2D eigenvalue weighted by molar-refractivity contribution is -0.126. The molecule has 0 saturated heterocycles. The largest absolute Gasteiger partial charge is 0.367 e. The van der Waals surface area contributed by atoms with E-state index < -0.39 is 6.10 Å². The van der Waals surface area contributed by atoms with Crippen LogP contribution in [0, 0.1) is 6.92 Å². The number of anilines is 1.